The number of carbonyl (C=O) groups is 1. The van der Waals surface area contributed by atoms with Crippen molar-refractivity contribution in [2.75, 3.05) is 0 Å². The second-order valence-electron chi connectivity index (χ2n) is 6.14. The molecule has 0 saturated heterocycles. The van der Waals surface area contributed by atoms with E-state index < -0.39 is 17.3 Å². The normalized spacial score (nSPS) is 11.1. The molecule has 2 N–H and O–H groups in total. The molecule has 2 rings (SSSR count). The van der Waals surface area contributed by atoms with E-state index in [0.29, 0.717) is 23.2 Å². The first kappa shape index (κ1) is 20.2. The van der Waals surface area contributed by atoms with Crippen molar-refractivity contribution in [3.63, 3.8) is 0 Å². The lowest BCUT2D eigenvalue weighted by Gasteiger charge is -2.11. The van der Waals surface area contributed by atoms with Crippen LogP contribution in [0, 0.1) is 25.2 Å². The number of alkyl halides is 3. The first-order valence-corrected chi connectivity index (χ1v) is 8.18. The van der Waals surface area contributed by atoms with Crippen LogP contribution in [0.3, 0.4) is 0 Å². The summed E-state index contributed by atoms with van der Waals surface area (Å²) in [6.07, 6.45) is -3.93. The largest absolute Gasteiger partial charge is 0.416 e. The van der Waals surface area contributed by atoms with Crippen LogP contribution in [-0.4, -0.2) is 10.9 Å². The van der Waals surface area contributed by atoms with Gasteiger partial charge >= 0.3 is 6.18 Å². The van der Waals surface area contributed by atoms with Crippen LogP contribution in [0.2, 0.25) is 0 Å². The molecule has 0 aliphatic rings. The molecule has 0 fully saturated rings. The van der Waals surface area contributed by atoms with Gasteiger partial charge in [-0.2, -0.15) is 18.4 Å². The van der Waals surface area contributed by atoms with E-state index in [-0.39, 0.29) is 24.4 Å². The van der Waals surface area contributed by atoms with Gasteiger partial charge in [0.05, 0.1) is 5.56 Å². The molecule has 0 spiro atoms. The summed E-state index contributed by atoms with van der Waals surface area (Å²) in [7, 11) is 0. The summed E-state index contributed by atoms with van der Waals surface area (Å²) in [4.78, 5) is 26.3. The van der Waals surface area contributed by atoms with Gasteiger partial charge in [-0.3, -0.25) is 9.59 Å². The highest BCUT2D eigenvalue weighted by molar-refractivity contribution is 5.76. The molecule has 5 nitrogen and oxygen atoms in total. The van der Waals surface area contributed by atoms with Gasteiger partial charge in [-0.05, 0) is 49.1 Å². The topological polar surface area (TPSA) is 85.8 Å². The number of pyridine rings is 1. The molecule has 0 aliphatic carbocycles. The van der Waals surface area contributed by atoms with Crippen molar-refractivity contribution in [1.82, 2.24) is 10.3 Å². The van der Waals surface area contributed by atoms with E-state index in [1.54, 1.807) is 13.8 Å². The second-order valence-corrected chi connectivity index (χ2v) is 6.14. The molecular formula is C19H18F3N3O2. The van der Waals surface area contributed by atoms with Gasteiger partial charge in [-0.15, -0.1) is 0 Å². The summed E-state index contributed by atoms with van der Waals surface area (Å²) < 4.78 is 37.6. The van der Waals surface area contributed by atoms with E-state index in [2.05, 4.69) is 10.3 Å². The van der Waals surface area contributed by atoms with Crippen molar-refractivity contribution in [3.8, 4) is 6.07 Å². The summed E-state index contributed by atoms with van der Waals surface area (Å²) in [5, 5.41) is 11.7. The fourth-order valence-corrected chi connectivity index (χ4v) is 2.76. The molecule has 142 valence electrons. The van der Waals surface area contributed by atoms with Gasteiger partial charge in [0.15, 0.2) is 0 Å². The van der Waals surface area contributed by atoms with Gasteiger partial charge in [0, 0.05) is 18.7 Å². The number of amides is 1. The molecule has 1 heterocycles. The molecule has 1 aromatic heterocycles. The predicted octanol–water partition coefficient (Wildman–Crippen LogP) is 3.13. The average Bonchev–Trinajstić information content (AvgIpc) is 2.59. The lowest BCUT2D eigenvalue weighted by molar-refractivity contribution is -0.137. The minimum atomic E-state index is -4.39. The third kappa shape index (κ3) is 4.97. The van der Waals surface area contributed by atoms with Crippen LogP contribution in [0.25, 0.3) is 0 Å². The van der Waals surface area contributed by atoms with Gasteiger partial charge in [-0.1, -0.05) is 12.1 Å². The van der Waals surface area contributed by atoms with Crippen molar-refractivity contribution in [2.45, 2.75) is 39.4 Å². The average molecular weight is 377 g/mol. The number of hydrogen-bond donors (Lipinski definition) is 2. The van der Waals surface area contributed by atoms with E-state index in [1.807, 2.05) is 6.07 Å². The zero-order valence-corrected chi connectivity index (χ0v) is 14.8. The molecule has 8 heteroatoms. The lowest BCUT2D eigenvalue weighted by Crippen LogP contribution is -2.24. The Morgan fingerprint density at radius 2 is 1.85 bits per heavy atom. The van der Waals surface area contributed by atoms with Crippen LogP contribution >= 0.6 is 0 Å². The highest BCUT2D eigenvalue weighted by atomic mass is 19.4. The number of benzene rings is 1. The van der Waals surface area contributed by atoms with E-state index in [9.17, 15) is 22.8 Å². The molecule has 2 aromatic rings. The number of aromatic amines is 1. The first-order chi connectivity index (χ1) is 12.6. The predicted molar refractivity (Wildman–Crippen MR) is 92.9 cm³/mol. The van der Waals surface area contributed by atoms with E-state index in [4.69, 9.17) is 5.26 Å². The third-order valence-electron chi connectivity index (χ3n) is 4.29. The zero-order chi connectivity index (χ0) is 20.2. The molecule has 0 unspecified atom stereocenters. The molecular weight excluding hydrogens is 359 g/mol. The van der Waals surface area contributed by atoms with Crippen molar-refractivity contribution < 1.29 is 18.0 Å². The monoisotopic (exact) mass is 377 g/mol. The molecule has 0 radical (unpaired) electrons. The van der Waals surface area contributed by atoms with Crippen molar-refractivity contribution in [3.05, 3.63) is 68.1 Å². The number of nitrogens with zero attached hydrogens (tertiary/aromatic N) is 1. The van der Waals surface area contributed by atoms with E-state index >= 15 is 0 Å². The standard InChI is InChI=1S/C19H18F3N3O2/c1-11-15(12(2)25-18(27)16(11)9-23)7-8-17(26)24-10-13-3-5-14(6-4-13)19(20,21)22/h3-6H,7-8,10H2,1-2H3,(H,24,26)(H,25,27). The molecule has 0 atom stereocenters. The molecule has 27 heavy (non-hydrogen) atoms. The Kier molecular flexibility index (Phi) is 6.05. The molecule has 1 amide bonds. The quantitative estimate of drug-likeness (QED) is 0.839. The number of nitrogens with one attached hydrogen (secondary N) is 2. The van der Waals surface area contributed by atoms with Crippen molar-refractivity contribution in [1.29, 1.82) is 5.26 Å². The van der Waals surface area contributed by atoms with Crippen LogP contribution in [0.15, 0.2) is 29.1 Å². The number of halogens is 3. The molecule has 0 saturated carbocycles. The molecule has 0 bridgehead atoms. The van der Waals surface area contributed by atoms with Crippen LogP contribution in [0.5, 0.6) is 0 Å². The fraction of sp³-hybridized carbons (Fsp3) is 0.316. The third-order valence-corrected chi connectivity index (χ3v) is 4.29. The maximum Gasteiger partial charge on any atom is 0.416 e. The Morgan fingerprint density at radius 1 is 1.22 bits per heavy atom. The van der Waals surface area contributed by atoms with E-state index in [1.165, 1.54) is 12.1 Å². The number of hydrogen-bond acceptors (Lipinski definition) is 3. The SMILES string of the molecule is Cc1[nH]c(=O)c(C#N)c(C)c1CCC(=O)NCc1ccc(C(F)(F)F)cc1. The van der Waals surface area contributed by atoms with Gasteiger partial charge < -0.3 is 10.3 Å². The fourth-order valence-electron chi connectivity index (χ4n) is 2.76. The van der Waals surface area contributed by atoms with E-state index in [0.717, 1.165) is 17.7 Å². The first-order valence-electron chi connectivity index (χ1n) is 8.18. The minimum absolute atomic E-state index is 0.0285. The van der Waals surface area contributed by atoms with Gasteiger partial charge in [0.1, 0.15) is 11.6 Å². The highest BCUT2D eigenvalue weighted by Crippen LogP contribution is 2.29. The second kappa shape index (κ2) is 8.08. The highest BCUT2D eigenvalue weighted by Gasteiger charge is 2.29. The van der Waals surface area contributed by atoms with Gasteiger partial charge in [-0.25, -0.2) is 0 Å². The van der Waals surface area contributed by atoms with Crippen LogP contribution < -0.4 is 10.9 Å². The number of aromatic nitrogens is 1. The maximum atomic E-state index is 12.5. The minimum Gasteiger partial charge on any atom is -0.352 e. The molecule has 0 aliphatic heterocycles. The number of rotatable bonds is 5. The van der Waals surface area contributed by atoms with Gasteiger partial charge in [0.25, 0.3) is 5.56 Å². The maximum absolute atomic E-state index is 12.5. The summed E-state index contributed by atoms with van der Waals surface area (Å²) in [5.41, 5.74) is 1.27. The summed E-state index contributed by atoms with van der Waals surface area (Å²) in [5.74, 6) is -0.279. The van der Waals surface area contributed by atoms with Crippen molar-refractivity contribution >= 4 is 5.91 Å². The Morgan fingerprint density at radius 3 is 2.41 bits per heavy atom. The number of nitriles is 1. The number of H-pyrrole nitrogens is 1. The summed E-state index contributed by atoms with van der Waals surface area (Å²) >= 11 is 0. The Hall–Kier alpha value is -3.08. The Bertz CT molecular complexity index is 939. The molecule has 1 aromatic carbocycles. The zero-order valence-electron chi connectivity index (χ0n) is 14.8. The summed E-state index contributed by atoms with van der Waals surface area (Å²) in [6, 6.07) is 6.43. The summed E-state index contributed by atoms with van der Waals surface area (Å²) in [6.45, 7) is 3.48. The Labute approximate surface area is 153 Å². The van der Waals surface area contributed by atoms with Gasteiger partial charge in [0.2, 0.25) is 5.91 Å². The van der Waals surface area contributed by atoms with Crippen LogP contribution in [-0.2, 0) is 23.9 Å². The lowest BCUT2D eigenvalue weighted by atomic mass is 9.99. The Balaban J connectivity index is 1.96. The number of aryl methyl sites for hydroxylation is 1. The van der Waals surface area contributed by atoms with Crippen molar-refractivity contribution in [2.24, 2.45) is 0 Å². The van der Waals surface area contributed by atoms with Crippen LogP contribution in [0.1, 0.15) is 39.9 Å². The smallest absolute Gasteiger partial charge is 0.352 e. The van der Waals surface area contributed by atoms with Crippen LogP contribution in [0.4, 0.5) is 13.2 Å². The number of carbonyl (C=O) groups excluding carboxylic acids is 1.